The van der Waals surface area contributed by atoms with E-state index in [4.69, 9.17) is 9.73 Å². The topological polar surface area (TPSA) is 83.0 Å². The molecule has 9 heteroatoms. The van der Waals surface area contributed by atoms with Crippen molar-refractivity contribution in [3.8, 4) is 0 Å². The van der Waals surface area contributed by atoms with Gasteiger partial charge in [-0.2, -0.15) is 0 Å². The van der Waals surface area contributed by atoms with Gasteiger partial charge in [-0.3, -0.25) is 9.89 Å². The number of nitrogens with one attached hydrogen (secondary N) is 2. The lowest BCUT2D eigenvalue weighted by atomic mass is 10.2. The number of aliphatic imine (C=N–C) groups is 1. The van der Waals surface area contributed by atoms with Crippen LogP contribution in [0.2, 0.25) is 0 Å². The minimum absolute atomic E-state index is 0.0821. The summed E-state index contributed by atoms with van der Waals surface area (Å²) in [5.41, 5.74) is 0. The third kappa shape index (κ3) is 6.72. The minimum Gasteiger partial charge on any atom is -0.379 e. The van der Waals surface area contributed by atoms with E-state index >= 15 is 0 Å². The van der Waals surface area contributed by atoms with E-state index in [9.17, 15) is 8.42 Å². The summed E-state index contributed by atoms with van der Waals surface area (Å²) < 4.78 is 29.3. The number of ether oxygens (including phenoxy) is 1. The van der Waals surface area contributed by atoms with Gasteiger partial charge in [0.15, 0.2) is 15.8 Å². The molecular weight excluding hydrogens is 396 g/mol. The third-order valence-corrected chi connectivity index (χ3v) is 8.30. The minimum atomic E-state index is -3.16. The lowest BCUT2D eigenvalue weighted by Crippen LogP contribution is -2.43. The molecule has 0 radical (unpaired) electrons. The van der Waals surface area contributed by atoms with Gasteiger partial charge in [0.25, 0.3) is 0 Å². The summed E-state index contributed by atoms with van der Waals surface area (Å²) in [6.07, 6.45) is 0. The third-order valence-electron chi connectivity index (χ3n) is 4.72. The summed E-state index contributed by atoms with van der Waals surface area (Å²) >= 11 is 1.74. The molecule has 1 unspecified atom stereocenters. The van der Waals surface area contributed by atoms with Crippen molar-refractivity contribution in [3.05, 3.63) is 22.4 Å². The molecule has 0 aliphatic carbocycles. The van der Waals surface area contributed by atoms with E-state index < -0.39 is 14.6 Å². The van der Waals surface area contributed by atoms with Gasteiger partial charge >= 0.3 is 0 Å². The summed E-state index contributed by atoms with van der Waals surface area (Å²) in [6.45, 7) is 12.1. The van der Waals surface area contributed by atoms with E-state index in [1.54, 1.807) is 32.1 Å². The number of sulfone groups is 1. The number of thiophene rings is 1. The Morgan fingerprint density at radius 2 is 2.04 bits per heavy atom. The molecule has 0 bridgehead atoms. The molecule has 1 fully saturated rings. The molecule has 1 aliphatic rings. The van der Waals surface area contributed by atoms with E-state index in [0.29, 0.717) is 19.0 Å². The lowest BCUT2D eigenvalue weighted by Gasteiger charge is -2.33. The maximum Gasteiger partial charge on any atom is 0.191 e. The van der Waals surface area contributed by atoms with Crippen LogP contribution in [-0.2, 0) is 14.6 Å². The predicted molar refractivity (Wildman–Crippen MR) is 117 cm³/mol. The second-order valence-corrected chi connectivity index (χ2v) is 11.6. The van der Waals surface area contributed by atoms with Crippen LogP contribution in [0.4, 0.5) is 0 Å². The SMILES string of the molecule is CCNC(=NCC(c1cccs1)N1CCOCC1)NCCS(=O)(=O)C(C)(C)C. The van der Waals surface area contributed by atoms with Gasteiger partial charge in [0, 0.05) is 31.1 Å². The van der Waals surface area contributed by atoms with Crippen LogP contribution in [0.25, 0.3) is 0 Å². The van der Waals surface area contributed by atoms with E-state index in [-0.39, 0.29) is 11.8 Å². The van der Waals surface area contributed by atoms with Crippen molar-refractivity contribution < 1.29 is 13.2 Å². The number of nitrogens with zero attached hydrogens (tertiary/aromatic N) is 2. The molecule has 1 aliphatic heterocycles. The van der Waals surface area contributed by atoms with Crippen molar-refractivity contribution in [2.24, 2.45) is 4.99 Å². The second kappa shape index (κ2) is 10.6. The van der Waals surface area contributed by atoms with Crippen molar-refractivity contribution in [1.29, 1.82) is 0 Å². The Balaban J connectivity index is 2.02. The molecule has 1 saturated heterocycles. The van der Waals surface area contributed by atoms with Crippen molar-refractivity contribution in [2.45, 2.75) is 38.5 Å². The molecule has 1 atom stereocenters. The van der Waals surface area contributed by atoms with E-state index in [2.05, 4.69) is 33.0 Å². The van der Waals surface area contributed by atoms with Crippen LogP contribution in [-0.4, -0.2) is 75.7 Å². The summed E-state index contributed by atoms with van der Waals surface area (Å²) in [6, 6.07) is 4.42. The first-order chi connectivity index (χ1) is 13.2. The highest BCUT2D eigenvalue weighted by Crippen LogP contribution is 2.26. The fourth-order valence-electron chi connectivity index (χ4n) is 2.88. The van der Waals surface area contributed by atoms with Crippen LogP contribution in [0, 0.1) is 0 Å². The van der Waals surface area contributed by atoms with Gasteiger partial charge in [-0.1, -0.05) is 6.07 Å². The number of hydrogen-bond donors (Lipinski definition) is 2. The highest BCUT2D eigenvalue weighted by atomic mass is 32.2. The zero-order valence-corrected chi connectivity index (χ0v) is 19.0. The molecule has 0 spiro atoms. The lowest BCUT2D eigenvalue weighted by molar-refractivity contribution is 0.0186. The molecule has 0 amide bonds. The highest BCUT2D eigenvalue weighted by Gasteiger charge is 2.28. The highest BCUT2D eigenvalue weighted by molar-refractivity contribution is 7.92. The summed E-state index contributed by atoms with van der Waals surface area (Å²) in [7, 11) is -3.16. The van der Waals surface area contributed by atoms with Gasteiger partial charge in [-0.15, -0.1) is 11.3 Å². The van der Waals surface area contributed by atoms with Gasteiger partial charge < -0.3 is 15.4 Å². The van der Waals surface area contributed by atoms with Crippen LogP contribution in [0.1, 0.15) is 38.6 Å². The molecule has 28 heavy (non-hydrogen) atoms. The van der Waals surface area contributed by atoms with Crippen molar-refractivity contribution >= 4 is 27.1 Å². The summed E-state index contributed by atoms with van der Waals surface area (Å²) in [4.78, 5) is 8.45. The van der Waals surface area contributed by atoms with Crippen molar-refractivity contribution in [3.63, 3.8) is 0 Å². The molecule has 2 N–H and O–H groups in total. The molecule has 160 valence electrons. The fraction of sp³-hybridized carbons (Fsp3) is 0.737. The second-order valence-electron chi connectivity index (χ2n) is 7.76. The van der Waals surface area contributed by atoms with Crippen molar-refractivity contribution in [1.82, 2.24) is 15.5 Å². The zero-order valence-electron chi connectivity index (χ0n) is 17.4. The first-order valence-electron chi connectivity index (χ1n) is 9.84. The van der Waals surface area contributed by atoms with Gasteiger partial charge in [-0.05, 0) is 39.1 Å². The average Bonchev–Trinajstić information content (AvgIpc) is 3.16. The van der Waals surface area contributed by atoms with E-state index in [1.807, 2.05) is 6.92 Å². The van der Waals surface area contributed by atoms with Crippen LogP contribution in [0.3, 0.4) is 0 Å². The number of morpholine rings is 1. The smallest absolute Gasteiger partial charge is 0.191 e. The first-order valence-corrected chi connectivity index (χ1v) is 12.4. The molecule has 1 aromatic heterocycles. The Kier molecular flexibility index (Phi) is 8.73. The summed E-state index contributed by atoms with van der Waals surface area (Å²) in [5, 5.41) is 8.48. The van der Waals surface area contributed by atoms with Gasteiger partial charge in [0.1, 0.15) is 0 Å². The van der Waals surface area contributed by atoms with Gasteiger partial charge in [0.05, 0.1) is 36.3 Å². The average molecular weight is 431 g/mol. The normalized spacial score (nSPS) is 18.1. The molecule has 0 aromatic carbocycles. The quantitative estimate of drug-likeness (QED) is 0.484. The van der Waals surface area contributed by atoms with Crippen molar-refractivity contribution in [2.75, 3.05) is 51.7 Å². The van der Waals surface area contributed by atoms with Gasteiger partial charge in [-0.25, -0.2) is 8.42 Å². The zero-order chi connectivity index (χ0) is 20.6. The Morgan fingerprint density at radius 1 is 1.32 bits per heavy atom. The fourth-order valence-corrected chi connectivity index (χ4v) is 4.72. The predicted octanol–water partition coefficient (Wildman–Crippen LogP) is 1.89. The molecule has 0 saturated carbocycles. The number of rotatable bonds is 8. The summed E-state index contributed by atoms with van der Waals surface area (Å²) in [5.74, 6) is 0.736. The van der Waals surface area contributed by atoms with E-state index in [0.717, 1.165) is 32.8 Å². The largest absolute Gasteiger partial charge is 0.379 e. The molecule has 7 nitrogen and oxygen atoms in total. The standard InChI is InChI=1S/C19H34N4O3S2/c1-5-20-18(21-8-14-28(24,25)19(2,3)4)22-15-16(17-7-6-13-27-17)23-9-11-26-12-10-23/h6-7,13,16H,5,8-12,14-15H2,1-4H3,(H2,20,21,22). The molecule has 1 aromatic rings. The maximum absolute atomic E-state index is 12.3. The Bertz CT molecular complexity index is 706. The first kappa shape index (κ1) is 23.1. The Labute approximate surface area is 173 Å². The molecule has 2 heterocycles. The number of guanidine groups is 1. The van der Waals surface area contributed by atoms with Crippen LogP contribution in [0.5, 0.6) is 0 Å². The Morgan fingerprint density at radius 3 is 2.61 bits per heavy atom. The number of hydrogen-bond acceptors (Lipinski definition) is 6. The molecular formula is C19H34N4O3S2. The van der Waals surface area contributed by atoms with Crippen LogP contribution < -0.4 is 10.6 Å². The van der Waals surface area contributed by atoms with Crippen LogP contribution in [0.15, 0.2) is 22.5 Å². The molecule has 2 rings (SSSR count). The maximum atomic E-state index is 12.3. The monoisotopic (exact) mass is 430 g/mol. The van der Waals surface area contributed by atoms with E-state index in [1.165, 1.54) is 4.88 Å². The van der Waals surface area contributed by atoms with Gasteiger partial charge in [0.2, 0.25) is 0 Å². The van der Waals surface area contributed by atoms with Crippen LogP contribution >= 0.6 is 11.3 Å². The Hall–Kier alpha value is -1.16.